The Morgan fingerprint density at radius 2 is 1.84 bits per heavy atom. The number of hydrogen-bond acceptors (Lipinski definition) is 6. The molecule has 0 bridgehead atoms. The highest BCUT2D eigenvalue weighted by molar-refractivity contribution is 7.89. The number of likely N-dealkylation sites (tertiary alicyclic amines) is 1. The molecule has 1 saturated heterocycles. The summed E-state index contributed by atoms with van der Waals surface area (Å²) in [7, 11) is -2.16. The summed E-state index contributed by atoms with van der Waals surface area (Å²) in [4.78, 5) is 14.8. The third kappa shape index (κ3) is 7.35. The Bertz CT molecular complexity index is 1250. The van der Waals surface area contributed by atoms with Gasteiger partial charge < -0.3 is 9.47 Å². The molecule has 11 heteroatoms. The molecule has 2 aromatic carbocycles. The molecule has 1 unspecified atom stereocenters. The van der Waals surface area contributed by atoms with E-state index in [2.05, 4.69) is 4.90 Å². The Labute approximate surface area is 227 Å². The van der Waals surface area contributed by atoms with Gasteiger partial charge in [-0.1, -0.05) is 29.3 Å². The zero-order valence-electron chi connectivity index (χ0n) is 20.8. The number of nitrogens with zero attached hydrogens (tertiary/aromatic N) is 1. The van der Waals surface area contributed by atoms with E-state index >= 15 is 4.39 Å². The number of methoxy groups -OCH3 is 1. The first-order valence-electron chi connectivity index (χ1n) is 12.2. The minimum Gasteiger partial charge on any atom is -0.490 e. The van der Waals surface area contributed by atoms with Crippen molar-refractivity contribution in [2.45, 2.75) is 37.6 Å². The number of carbonyl (C=O) groups is 1. The minimum atomic E-state index is -3.82. The van der Waals surface area contributed by atoms with Crippen molar-refractivity contribution in [2.75, 3.05) is 39.7 Å². The second-order valence-corrected chi connectivity index (χ2v) is 12.4. The van der Waals surface area contributed by atoms with E-state index in [1.807, 2.05) is 16.9 Å². The van der Waals surface area contributed by atoms with Gasteiger partial charge >= 0.3 is 0 Å². The maximum Gasteiger partial charge on any atom is 0.267 e. The Balaban J connectivity index is 1.41. The lowest BCUT2D eigenvalue weighted by Gasteiger charge is -2.37. The first-order chi connectivity index (χ1) is 17.6. The largest absolute Gasteiger partial charge is 0.490 e. The number of nitrogens with one attached hydrogen (secondary N) is 1. The van der Waals surface area contributed by atoms with Gasteiger partial charge in [-0.05, 0) is 86.0 Å². The fraction of sp³-hybridized carbons (Fsp3) is 0.500. The van der Waals surface area contributed by atoms with E-state index < -0.39 is 21.7 Å². The number of piperidine rings is 1. The minimum absolute atomic E-state index is 0.0152. The Hall–Kier alpha value is -1.91. The second-order valence-electron chi connectivity index (χ2n) is 9.79. The highest BCUT2D eigenvalue weighted by atomic mass is 35.5. The molecule has 2 aromatic rings. The van der Waals surface area contributed by atoms with Crippen LogP contribution in [0.2, 0.25) is 10.0 Å². The molecular formula is C26H31Cl2FN2O5S. The third-order valence-electron chi connectivity index (χ3n) is 6.85. The van der Waals surface area contributed by atoms with Gasteiger partial charge in [0.15, 0.2) is 11.6 Å². The van der Waals surface area contributed by atoms with Gasteiger partial charge in [-0.25, -0.2) is 17.5 Å². The van der Waals surface area contributed by atoms with E-state index in [1.54, 1.807) is 19.2 Å². The van der Waals surface area contributed by atoms with Crippen LogP contribution in [0.15, 0.2) is 30.3 Å². The Kier molecular flexibility index (Phi) is 9.01. The normalized spacial score (nSPS) is 18.0. The van der Waals surface area contributed by atoms with Crippen molar-refractivity contribution in [1.82, 2.24) is 9.62 Å². The zero-order valence-corrected chi connectivity index (χ0v) is 23.1. The third-order valence-corrected chi connectivity index (χ3v) is 8.15. The van der Waals surface area contributed by atoms with Gasteiger partial charge in [0.25, 0.3) is 5.91 Å². The van der Waals surface area contributed by atoms with E-state index in [9.17, 15) is 13.2 Å². The topological polar surface area (TPSA) is 84.9 Å². The summed E-state index contributed by atoms with van der Waals surface area (Å²) in [5.74, 6) is -1.42. The molecule has 1 amide bonds. The van der Waals surface area contributed by atoms with E-state index in [0.29, 0.717) is 23.3 Å². The van der Waals surface area contributed by atoms with Crippen molar-refractivity contribution < 1.29 is 27.1 Å². The van der Waals surface area contributed by atoms with Crippen LogP contribution >= 0.6 is 23.2 Å². The zero-order chi connectivity index (χ0) is 26.7. The first kappa shape index (κ1) is 28.1. The predicted octanol–water partition coefficient (Wildman–Crippen LogP) is 5.18. The standard InChI is InChI=1S/C26H31Cl2FN2O5S/c1-35-15-23(18-5-6-21(27)22(28)12-18)31-9-7-16(8-10-31)14-36-24-13-19(17-3-4-17)11-20(25(24)29)26(32)30-37(2,33)34/h5-6,11-13,16-17,23H,3-4,7-10,14-15H2,1-2H3,(H,30,32). The molecule has 1 atom stereocenters. The van der Waals surface area contributed by atoms with Gasteiger partial charge in [0, 0.05) is 7.11 Å². The van der Waals surface area contributed by atoms with Crippen LogP contribution in [0.1, 0.15) is 59.1 Å². The van der Waals surface area contributed by atoms with E-state index in [4.69, 9.17) is 32.7 Å². The summed E-state index contributed by atoms with van der Waals surface area (Å²) >= 11 is 12.3. The van der Waals surface area contributed by atoms with Gasteiger partial charge in [0.2, 0.25) is 10.0 Å². The molecule has 202 valence electrons. The highest BCUT2D eigenvalue weighted by Crippen LogP contribution is 2.42. The average Bonchev–Trinajstić information content (AvgIpc) is 3.69. The lowest BCUT2D eigenvalue weighted by Crippen LogP contribution is -2.39. The van der Waals surface area contributed by atoms with Crippen molar-refractivity contribution in [3.8, 4) is 5.75 Å². The average molecular weight is 574 g/mol. The molecule has 2 fully saturated rings. The molecule has 1 heterocycles. The molecular weight excluding hydrogens is 542 g/mol. The Morgan fingerprint density at radius 1 is 1.14 bits per heavy atom. The number of hydrogen-bond donors (Lipinski definition) is 1. The predicted molar refractivity (Wildman–Crippen MR) is 142 cm³/mol. The number of ether oxygens (including phenoxy) is 2. The maximum absolute atomic E-state index is 15.2. The quantitative estimate of drug-likeness (QED) is 0.422. The van der Waals surface area contributed by atoms with Crippen molar-refractivity contribution in [1.29, 1.82) is 0 Å². The summed E-state index contributed by atoms with van der Waals surface area (Å²) in [6.45, 7) is 2.41. The molecule has 4 rings (SSSR count). The summed E-state index contributed by atoms with van der Waals surface area (Å²) in [6, 6.07) is 8.72. The Morgan fingerprint density at radius 3 is 2.43 bits per heavy atom. The highest BCUT2D eigenvalue weighted by Gasteiger charge is 2.30. The van der Waals surface area contributed by atoms with Crippen molar-refractivity contribution in [3.63, 3.8) is 0 Å². The van der Waals surface area contributed by atoms with Crippen LogP contribution in [0, 0.1) is 11.7 Å². The number of rotatable bonds is 10. The van der Waals surface area contributed by atoms with Crippen LogP contribution < -0.4 is 9.46 Å². The molecule has 2 aliphatic rings. The molecule has 0 aromatic heterocycles. The van der Waals surface area contributed by atoms with Gasteiger partial charge in [-0.3, -0.25) is 9.69 Å². The van der Waals surface area contributed by atoms with Crippen molar-refractivity contribution in [2.24, 2.45) is 5.92 Å². The fourth-order valence-electron chi connectivity index (χ4n) is 4.69. The first-order valence-corrected chi connectivity index (χ1v) is 14.9. The van der Waals surface area contributed by atoms with Gasteiger partial charge in [-0.2, -0.15) is 0 Å². The van der Waals surface area contributed by atoms with Gasteiger partial charge in [0.1, 0.15) is 0 Å². The molecule has 7 nitrogen and oxygen atoms in total. The fourth-order valence-corrected chi connectivity index (χ4v) is 5.45. The number of carbonyl (C=O) groups excluding carboxylic acids is 1. The van der Waals surface area contributed by atoms with E-state index in [1.165, 1.54) is 6.07 Å². The molecule has 1 aliphatic carbocycles. The van der Waals surface area contributed by atoms with Crippen LogP contribution in [-0.2, 0) is 14.8 Å². The van der Waals surface area contributed by atoms with Gasteiger partial charge in [0.05, 0.1) is 41.1 Å². The summed E-state index contributed by atoms with van der Waals surface area (Å²) in [5.41, 5.74) is 1.50. The second kappa shape index (κ2) is 11.9. The van der Waals surface area contributed by atoms with Crippen LogP contribution in [-0.4, -0.2) is 58.9 Å². The monoisotopic (exact) mass is 572 g/mol. The van der Waals surface area contributed by atoms with Crippen LogP contribution in [0.3, 0.4) is 0 Å². The number of amides is 1. The van der Waals surface area contributed by atoms with Crippen molar-refractivity contribution in [3.05, 3.63) is 62.9 Å². The maximum atomic E-state index is 15.2. The molecule has 0 radical (unpaired) electrons. The molecule has 1 aliphatic heterocycles. The number of halogens is 3. The molecule has 37 heavy (non-hydrogen) atoms. The van der Waals surface area contributed by atoms with Gasteiger partial charge in [-0.15, -0.1) is 0 Å². The number of sulfonamides is 1. The van der Waals surface area contributed by atoms with Crippen LogP contribution in [0.5, 0.6) is 5.75 Å². The summed E-state index contributed by atoms with van der Waals surface area (Å²) in [6.07, 6.45) is 4.42. The van der Waals surface area contributed by atoms with E-state index in [-0.39, 0.29) is 29.2 Å². The summed E-state index contributed by atoms with van der Waals surface area (Å²) < 4.78 is 51.4. The van der Waals surface area contributed by atoms with Crippen LogP contribution in [0.4, 0.5) is 4.39 Å². The van der Waals surface area contributed by atoms with Crippen molar-refractivity contribution >= 4 is 39.1 Å². The molecule has 0 spiro atoms. The number of benzene rings is 2. The van der Waals surface area contributed by atoms with E-state index in [0.717, 1.165) is 56.2 Å². The lowest BCUT2D eigenvalue weighted by molar-refractivity contribution is 0.0553. The molecule has 1 N–H and O–H groups in total. The molecule has 1 saturated carbocycles. The smallest absolute Gasteiger partial charge is 0.267 e. The summed E-state index contributed by atoms with van der Waals surface area (Å²) in [5, 5.41) is 1.01. The van der Waals surface area contributed by atoms with Crippen LogP contribution in [0.25, 0.3) is 0 Å². The SMILES string of the molecule is COCC(c1ccc(Cl)c(Cl)c1)N1CCC(COc2cc(C3CC3)cc(C(=O)NS(C)(=O)=O)c2F)CC1. The lowest BCUT2D eigenvalue weighted by atomic mass is 9.95.